The van der Waals surface area contributed by atoms with E-state index in [1.54, 1.807) is 18.2 Å². The largest absolute Gasteiger partial charge is 0.422 e. The number of hydrogen-bond acceptors (Lipinski definition) is 3. The highest BCUT2D eigenvalue weighted by atomic mass is 16.5. The first-order chi connectivity index (χ1) is 11.2. The highest BCUT2D eigenvalue weighted by Gasteiger charge is 2.09. The van der Waals surface area contributed by atoms with Crippen molar-refractivity contribution in [3.63, 3.8) is 0 Å². The van der Waals surface area contributed by atoms with Gasteiger partial charge in [-0.1, -0.05) is 61.2 Å². The Morgan fingerprint density at radius 2 is 1.65 bits per heavy atom. The van der Waals surface area contributed by atoms with Crippen molar-refractivity contribution in [3.05, 3.63) is 78.9 Å². The lowest BCUT2D eigenvalue weighted by molar-refractivity contribution is -0.129. The average Bonchev–Trinajstić information content (AvgIpc) is 2.61. The van der Waals surface area contributed by atoms with E-state index in [0.29, 0.717) is 5.75 Å². The topological polar surface area (TPSA) is 50.1 Å². The molecule has 0 unspecified atom stereocenters. The van der Waals surface area contributed by atoms with Gasteiger partial charge in [-0.15, -0.1) is 0 Å². The quantitative estimate of drug-likeness (QED) is 0.310. The van der Waals surface area contributed by atoms with E-state index in [1.165, 1.54) is 5.39 Å². The van der Waals surface area contributed by atoms with Crippen LogP contribution in [0, 0.1) is 11.3 Å². The maximum Gasteiger partial charge on any atom is 0.353 e. The van der Waals surface area contributed by atoms with Gasteiger partial charge in [-0.2, -0.15) is 5.26 Å². The maximum absolute atomic E-state index is 11.5. The zero-order valence-electron chi connectivity index (χ0n) is 12.3. The summed E-state index contributed by atoms with van der Waals surface area (Å²) in [5.41, 5.74) is 1.92. The number of hydrogen-bond donors (Lipinski definition) is 0. The molecule has 23 heavy (non-hydrogen) atoms. The Morgan fingerprint density at radius 1 is 0.957 bits per heavy atom. The number of esters is 1. The van der Waals surface area contributed by atoms with E-state index in [4.69, 9.17) is 10.00 Å². The van der Waals surface area contributed by atoms with Crippen molar-refractivity contribution in [2.24, 2.45) is 0 Å². The number of nitriles is 1. The van der Waals surface area contributed by atoms with Crippen LogP contribution in [-0.2, 0) is 4.79 Å². The summed E-state index contributed by atoms with van der Waals surface area (Å²) in [6, 6.07) is 23.2. The van der Waals surface area contributed by atoms with Gasteiger partial charge in [0.05, 0.1) is 0 Å². The number of nitrogens with zero attached hydrogens (tertiary/aromatic N) is 1. The highest BCUT2D eigenvalue weighted by molar-refractivity contribution is 5.97. The third kappa shape index (κ3) is 2.97. The Labute approximate surface area is 134 Å². The molecule has 3 rings (SSSR count). The van der Waals surface area contributed by atoms with Gasteiger partial charge in [-0.3, -0.25) is 0 Å². The molecule has 0 amide bonds. The number of rotatable bonds is 3. The minimum Gasteiger partial charge on any atom is -0.422 e. The molecule has 0 saturated heterocycles. The fraction of sp³-hybridized carbons (Fsp3) is 0. The van der Waals surface area contributed by atoms with Gasteiger partial charge >= 0.3 is 5.97 Å². The molecule has 0 radical (unpaired) electrons. The first-order valence-electron chi connectivity index (χ1n) is 7.08. The monoisotopic (exact) mass is 299 g/mol. The first kappa shape index (κ1) is 14.6. The smallest absolute Gasteiger partial charge is 0.353 e. The molecular weight excluding hydrogens is 286 g/mol. The molecule has 0 fully saturated rings. The van der Waals surface area contributed by atoms with E-state index in [1.807, 2.05) is 30.3 Å². The lowest BCUT2D eigenvalue weighted by atomic mass is 9.98. The minimum atomic E-state index is -0.731. The van der Waals surface area contributed by atoms with E-state index in [9.17, 15) is 4.79 Å². The summed E-state index contributed by atoms with van der Waals surface area (Å²) in [5.74, 6) is -0.346. The summed E-state index contributed by atoms with van der Waals surface area (Å²) in [4.78, 5) is 11.5. The molecule has 110 valence electrons. The zero-order chi connectivity index (χ0) is 16.2. The van der Waals surface area contributed by atoms with E-state index < -0.39 is 5.97 Å². The molecule has 3 aromatic rings. The van der Waals surface area contributed by atoms with Gasteiger partial charge in [0, 0.05) is 0 Å². The van der Waals surface area contributed by atoms with Crippen LogP contribution < -0.4 is 4.74 Å². The SMILES string of the molecule is C=C(C#N)C(=O)Oc1ccc(-c2cccc3ccccc23)cc1. The molecule has 0 spiro atoms. The second kappa shape index (κ2) is 6.17. The van der Waals surface area contributed by atoms with Crippen LogP contribution in [0.1, 0.15) is 0 Å². The molecular formula is C20H13NO2. The van der Waals surface area contributed by atoms with Crippen molar-refractivity contribution in [3.8, 4) is 22.9 Å². The Bertz CT molecular complexity index is 929. The van der Waals surface area contributed by atoms with Crippen LogP contribution in [0.5, 0.6) is 5.75 Å². The van der Waals surface area contributed by atoms with Gasteiger partial charge in [-0.25, -0.2) is 4.79 Å². The molecule has 0 N–H and O–H groups in total. The summed E-state index contributed by atoms with van der Waals surface area (Å²) in [6.45, 7) is 3.33. The standard InChI is InChI=1S/C20H13NO2/c1-14(13-21)20(22)23-17-11-9-16(10-12-17)19-8-4-6-15-5-2-3-7-18(15)19/h2-12H,1H2. The lowest BCUT2D eigenvalue weighted by Gasteiger charge is -2.08. The Kier molecular flexibility index (Phi) is 3.90. The fourth-order valence-electron chi connectivity index (χ4n) is 2.39. The zero-order valence-corrected chi connectivity index (χ0v) is 12.3. The predicted octanol–water partition coefficient (Wildman–Crippen LogP) is 4.49. The summed E-state index contributed by atoms with van der Waals surface area (Å²) in [6.07, 6.45) is 0. The predicted molar refractivity (Wildman–Crippen MR) is 89.8 cm³/mol. The van der Waals surface area contributed by atoms with Crippen LogP contribution in [0.4, 0.5) is 0 Å². The number of carbonyl (C=O) groups excluding carboxylic acids is 1. The Morgan fingerprint density at radius 3 is 2.39 bits per heavy atom. The van der Waals surface area contributed by atoms with Gasteiger partial charge in [0.25, 0.3) is 0 Å². The van der Waals surface area contributed by atoms with Crippen molar-refractivity contribution < 1.29 is 9.53 Å². The van der Waals surface area contributed by atoms with Crippen LogP contribution in [-0.4, -0.2) is 5.97 Å². The third-order valence-electron chi connectivity index (χ3n) is 3.55. The number of fused-ring (bicyclic) bond motifs is 1. The summed E-state index contributed by atoms with van der Waals surface area (Å²) >= 11 is 0. The van der Waals surface area contributed by atoms with Crippen LogP contribution in [0.25, 0.3) is 21.9 Å². The van der Waals surface area contributed by atoms with Crippen molar-refractivity contribution in [2.45, 2.75) is 0 Å². The van der Waals surface area contributed by atoms with Crippen molar-refractivity contribution >= 4 is 16.7 Å². The molecule has 3 heteroatoms. The van der Waals surface area contributed by atoms with Crippen molar-refractivity contribution in [1.82, 2.24) is 0 Å². The molecule has 0 aromatic heterocycles. The summed E-state index contributed by atoms with van der Waals surface area (Å²) in [5, 5.41) is 11.0. The van der Waals surface area contributed by atoms with E-state index in [2.05, 4.69) is 30.8 Å². The lowest BCUT2D eigenvalue weighted by Crippen LogP contribution is -2.08. The van der Waals surface area contributed by atoms with Crippen LogP contribution in [0.3, 0.4) is 0 Å². The van der Waals surface area contributed by atoms with E-state index in [0.717, 1.165) is 16.5 Å². The molecule has 3 nitrogen and oxygen atoms in total. The molecule has 0 aliphatic rings. The normalized spacial score (nSPS) is 10.0. The van der Waals surface area contributed by atoms with Crippen molar-refractivity contribution in [1.29, 1.82) is 5.26 Å². The van der Waals surface area contributed by atoms with Crippen LogP contribution >= 0.6 is 0 Å². The fourth-order valence-corrected chi connectivity index (χ4v) is 2.39. The van der Waals surface area contributed by atoms with Gasteiger partial charge in [0.15, 0.2) is 0 Å². The molecule has 3 aromatic carbocycles. The second-order valence-electron chi connectivity index (χ2n) is 5.03. The minimum absolute atomic E-state index is 0.219. The molecule has 0 heterocycles. The average molecular weight is 299 g/mol. The second-order valence-corrected chi connectivity index (χ2v) is 5.03. The number of carbonyl (C=O) groups is 1. The molecule has 0 aliphatic heterocycles. The molecule has 0 atom stereocenters. The molecule has 0 aliphatic carbocycles. The van der Waals surface area contributed by atoms with Gasteiger partial charge < -0.3 is 4.74 Å². The third-order valence-corrected chi connectivity index (χ3v) is 3.55. The van der Waals surface area contributed by atoms with Crippen LogP contribution in [0.2, 0.25) is 0 Å². The highest BCUT2D eigenvalue weighted by Crippen LogP contribution is 2.29. The molecule has 0 saturated carbocycles. The number of benzene rings is 3. The maximum atomic E-state index is 11.5. The van der Waals surface area contributed by atoms with Gasteiger partial charge in [0.1, 0.15) is 17.4 Å². The molecule has 0 bridgehead atoms. The van der Waals surface area contributed by atoms with Gasteiger partial charge in [0.2, 0.25) is 0 Å². The van der Waals surface area contributed by atoms with Crippen molar-refractivity contribution in [2.75, 3.05) is 0 Å². The summed E-state index contributed by atoms with van der Waals surface area (Å²) < 4.78 is 5.08. The number of ether oxygens (including phenoxy) is 1. The van der Waals surface area contributed by atoms with E-state index >= 15 is 0 Å². The van der Waals surface area contributed by atoms with Gasteiger partial charge in [-0.05, 0) is 34.0 Å². The summed E-state index contributed by atoms with van der Waals surface area (Å²) in [7, 11) is 0. The first-order valence-corrected chi connectivity index (χ1v) is 7.08. The van der Waals surface area contributed by atoms with E-state index in [-0.39, 0.29) is 5.57 Å². The van der Waals surface area contributed by atoms with Crippen LogP contribution in [0.15, 0.2) is 78.9 Å². The Balaban J connectivity index is 1.92. The Hall–Kier alpha value is -3.38.